The van der Waals surface area contributed by atoms with Gasteiger partial charge in [0.1, 0.15) is 6.07 Å². The van der Waals surface area contributed by atoms with Crippen LogP contribution in [0.25, 0.3) is 22.7 Å². The average molecular weight is 328 g/mol. The lowest BCUT2D eigenvalue weighted by atomic mass is 10.1. The number of imidazole rings is 1. The maximum Gasteiger partial charge on any atom is 0.151 e. The van der Waals surface area contributed by atoms with Crippen molar-refractivity contribution in [1.82, 2.24) is 9.55 Å². The van der Waals surface area contributed by atoms with Gasteiger partial charge in [0.05, 0.1) is 16.6 Å². The van der Waals surface area contributed by atoms with E-state index in [1.54, 1.807) is 24.3 Å². The summed E-state index contributed by atoms with van der Waals surface area (Å²) in [7, 11) is 1.88. The maximum absolute atomic E-state index is 9.50. The number of aryl methyl sites for hydroxylation is 1. The molecule has 0 saturated carbocycles. The molecule has 108 valence electrons. The number of allylic oxidation sites excluding steroid dienone is 1. The summed E-state index contributed by atoms with van der Waals surface area (Å²) >= 11 is 12.2. The van der Waals surface area contributed by atoms with Gasteiger partial charge in [0.25, 0.3) is 0 Å². The van der Waals surface area contributed by atoms with Gasteiger partial charge < -0.3 is 4.57 Å². The summed E-state index contributed by atoms with van der Waals surface area (Å²) in [5.74, 6) is 0.597. The number of nitrogens with zero attached hydrogens (tertiary/aromatic N) is 3. The molecule has 1 heterocycles. The quantitative estimate of drug-likeness (QED) is 0.625. The van der Waals surface area contributed by atoms with Crippen LogP contribution in [0, 0.1) is 11.3 Å². The Morgan fingerprint density at radius 3 is 2.73 bits per heavy atom. The fourth-order valence-electron chi connectivity index (χ4n) is 2.31. The first kappa shape index (κ1) is 14.6. The predicted molar refractivity (Wildman–Crippen MR) is 90.7 cm³/mol. The van der Waals surface area contributed by atoms with E-state index in [2.05, 4.69) is 11.1 Å². The summed E-state index contributed by atoms with van der Waals surface area (Å²) in [5.41, 5.74) is 2.94. The maximum atomic E-state index is 9.50. The highest BCUT2D eigenvalue weighted by Gasteiger charge is 2.12. The zero-order valence-corrected chi connectivity index (χ0v) is 13.2. The minimum atomic E-state index is 0.433. The molecule has 0 bridgehead atoms. The van der Waals surface area contributed by atoms with Crippen molar-refractivity contribution in [1.29, 1.82) is 5.26 Å². The molecule has 1 aromatic heterocycles. The van der Waals surface area contributed by atoms with Crippen molar-refractivity contribution in [3.05, 3.63) is 63.9 Å². The van der Waals surface area contributed by atoms with E-state index < -0.39 is 0 Å². The zero-order valence-electron chi connectivity index (χ0n) is 11.7. The van der Waals surface area contributed by atoms with E-state index in [-0.39, 0.29) is 0 Å². The number of hydrogen-bond donors (Lipinski definition) is 0. The van der Waals surface area contributed by atoms with Crippen molar-refractivity contribution >= 4 is 45.9 Å². The van der Waals surface area contributed by atoms with Crippen LogP contribution < -0.4 is 0 Å². The lowest BCUT2D eigenvalue weighted by molar-refractivity contribution is 0.925. The molecule has 0 fully saturated rings. The molecule has 3 aromatic rings. The van der Waals surface area contributed by atoms with Gasteiger partial charge in [-0.25, -0.2) is 4.98 Å². The third-order valence-electron chi connectivity index (χ3n) is 3.41. The van der Waals surface area contributed by atoms with E-state index in [0.29, 0.717) is 27.0 Å². The monoisotopic (exact) mass is 327 g/mol. The van der Waals surface area contributed by atoms with Crippen molar-refractivity contribution in [2.45, 2.75) is 0 Å². The van der Waals surface area contributed by atoms with Crippen LogP contribution >= 0.6 is 23.2 Å². The minimum Gasteiger partial charge on any atom is -0.327 e. The first-order chi connectivity index (χ1) is 10.6. The topological polar surface area (TPSA) is 41.6 Å². The normalized spacial score (nSPS) is 11.6. The van der Waals surface area contributed by atoms with Gasteiger partial charge in [-0.15, -0.1) is 0 Å². The molecule has 0 radical (unpaired) electrons. The Morgan fingerprint density at radius 1 is 1.23 bits per heavy atom. The molecule has 3 rings (SSSR count). The van der Waals surface area contributed by atoms with Crippen molar-refractivity contribution < 1.29 is 0 Å². The Balaban J connectivity index is 2.18. The summed E-state index contributed by atoms with van der Waals surface area (Å²) in [4.78, 5) is 4.53. The molecule has 0 unspecified atom stereocenters. The van der Waals surface area contributed by atoms with Gasteiger partial charge in [-0.1, -0.05) is 35.3 Å². The Hall–Kier alpha value is -2.28. The molecular formula is C17H11Cl2N3. The van der Waals surface area contributed by atoms with Crippen LogP contribution in [0.1, 0.15) is 11.4 Å². The van der Waals surface area contributed by atoms with E-state index in [0.717, 1.165) is 11.0 Å². The number of benzene rings is 2. The van der Waals surface area contributed by atoms with E-state index in [9.17, 15) is 5.26 Å². The Morgan fingerprint density at radius 2 is 2.00 bits per heavy atom. The average Bonchev–Trinajstić information content (AvgIpc) is 2.85. The van der Waals surface area contributed by atoms with Crippen LogP contribution in [-0.2, 0) is 7.05 Å². The molecule has 0 amide bonds. The number of halogens is 2. The first-order valence-corrected chi connectivity index (χ1v) is 7.34. The van der Waals surface area contributed by atoms with Crippen LogP contribution in [0.15, 0.2) is 42.5 Å². The lowest BCUT2D eigenvalue weighted by Crippen LogP contribution is -1.96. The van der Waals surface area contributed by atoms with E-state index >= 15 is 0 Å². The molecule has 0 aliphatic rings. The molecule has 0 N–H and O–H groups in total. The number of fused-ring (bicyclic) bond motifs is 1. The summed E-state index contributed by atoms with van der Waals surface area (Å²) in [6, 6.07) is 15.1. The molecule has 5 heteroatoms. The zero-order chi connectivity index (χ0) is 15.7. The third-order valence-corrected chi connectivity index (χ3v) is 3.99. The Kier molecular flexibility index (Phi) is 3.89. The number of para-hydroxylation sites is 2. The van der Waals surface area contributed by atoms with Crippen LogP contribution in [0.5, 0.6) is 0 Å². The number of nitriles is 1. The van der Waals surface area contributed by atoms with E-state index in [1.807, 2.05) is 35.9 Å². The molecule has 0 aliphatic carbocycles. The van der Waals surface area contributed by atoms with Gasteiger partial charge in [0, 0.05) is 17.1 Å². The van der Waals surface area contributed by atoms with Crippen molar-refractivity contribution in [2.75, 3.05) is 0 Å². The lowest BCUT2D eigenvalue weighted by Gasteiger charge is -2.03. The number of rotatable bonds is 2. The summed E-state index contributed by atoms with van der Waals surface area (Å²) < 4.78 is 1.89. The molecule has 2 aromatic carbocycles. The Bertz CT molecular complexity index is 933. The summed E-state index contributed by atoms with van der Waals surface area (Å²) in [6.07, 6.45) is 1.70. The SMILES string of the molecule is Cn1c(C(C#N)=Cc2cc(Cl)ccc2Cl)nc2ccccc21. The fourth-order valence-corrected chi connectivity index (χ4v) is 2.67. The van der Waals surface area contributed by atoms with Crippen LogP contribution in [-0.4, -0.2) is 9.55 Å². The van der Waals surface area contributed by atoms with E-state index in [1.165, 1.54) is 0 Å². The van der Waals surface area contributed by atoms with Crippen molar-refractivity contribution in [3.8, 4) is 6.07 Å². The molecule has 3 nitrogen and oxygen atoms in total. The van der Waals surface area contributed by atoms with Gasteiger partial charge in [-0.05, 0) is 42.0 Å². The van der Waals surface area contributed by atoms with Crippen LogP contribution in [0.3, 0.4) is 0 Å². The van der Waals surface area contributed by atoms with Crippen LogP contribution in [0.4, 0.5) is 0 Å². The van der Waals surface area contributed by atoms with Gasteiger partial charge in [-0.2, -0.15) is 5.26 Å². The molecule has 22 heavy (non-hydrogen) atoms. The van der Waals surface area contributed by atoms with Gasteiger partial charge in [0.15, 0.2) is 5.82 Å². The second-order valence-electron chi connectivity index (χ2n) is 4.82. The number of hydrogen-bond acceptors (Lipinski definition) is 2. The molecule has 0 saturated heterocycles. The molecule has 0 atom stereocenters. The van der Waals surface area contributed by atoms with Gasteiger partial charge >= 0.3 is 0 Å². The van der Waals surface area contributed by atoms with Crippen molar-refractivity contribution in [2.24, 2.45) is 7.05 Å². The summed E-state index contributed by atoms with van der Waals surface area (Å²) in [5, 5.41) is 10.6. The predicted octanol–water partition coefficient (Wildman–Crippen LogP) is 4.94. The summed E-state index contributed by atoms with van der Waals surface area (Å²) in [6.45, 7) is 0. The molecular weight excluding hydrogens is 317 g/mol. The third kappa shape index (κ3) is 2.59. The molecule has 0 spiro atoms. The second kappa shape index (κ2) is 5.84. The van der Waals surface area contributed by atoms with E-state index in [4.69, 9.17) is 23.2 Å². The highest BCUT2D eigenvalue weighted by Crippen LogP contribution is 2.26. The van der Waals surface area contributed by atoms with Gasteiger partial charge in [-0.3, -0.25) is 0 Å². The largest absolute Gasteiger partial charge is 0.327 e. The standard InChI is InChI=1S/C17H11Cl2N3/c1-22-16-5-3-2-4-15(16)21-17(22)12(10-20)8-11-9-13(18)6-7-14(11)19/h2-9H,1H3. The minimum absolute atomic E-state index is 0.433. The van der Waals surface area contributed by atoms with Crippen LogP contribution in [0.2, 0.25) is 10.0 Å². The Labute approximate surface area is 138 Å². The second-order valence-corrected chi connectivity index (χ2v) is 5.66. The van der Waals surface area contributed by atoms with Crippen molar-refractivity contribution in [3.63, 3.8) is 0 Å². The fraction of sp³-hybridized carbons (Fsp3) is 0.0588. The number of aromatic nitrogens is 2. The highest BCUT2D eigenvalue weighted by molar-refractivity contribution is 6.34. The molecule has 0 aliphatic heterocycles. The smallest absolute Gasteiger partial charge is 0.151 e. The highest BCUT2D eigenvalue weighted by atomic mass is 35.5. The first-order valence-electron chi connectivity index (χ1n) is 6.59. The van der Waals surface area contributed by atoms with Gasteiger partial charge in [0.2, 0.25) is 0 Å².